The first-order valence-corrected chi connectivity index (χ1v) is 11.2. The van der Waals surface area contributed by atoms with E-state index in [1.54, 1.807) is 18.8 Å². The molecule has 8 heteroatoms. The minimum Gasteiger partial charge on any atom is -0.497 e. The van der Waals surface area contributed by atoms with Crippen LogP contribution in [-0.2, 0) is 10.2 Å². The van der Waals surface area contributed by atoms with E-state index in [1.807, 2.05) is 30.3 Å². The van der Waals surface area contributed by atoms with Gasteiger partial charge in [-0.3, -0.25) is 4.79 Å². The maximum absolute atomic E-state index is 12.8. The number of anilines is 1. The van der Waals surface area contributed by atoms with Gasteiger partial charge < -0.3 is 20.3 Å². The van der Waals surface area contributed by atoms with E-state index in [0.29, 0.717) is 5.82 Å². The Bertz CT molecular complexity index is 924. The highest BCUT2D eigenvalue weighted by Crippen LogP contribution is 2.27. The Morgan fingerprint density at radius 1 is 1.16 bits per heavy atom. The number of carbonyl (C=O) groups excluding carboxylic acids is 2. The molecule has 8 nitrogen and oxygen atoms in total. The Morgan fingerprint density at radius 2 is 1.81 bits per heavy atom. The van der Waals surface area contributed by atoms with E-state index in [0.717, 1.165) is 42.8 Å². The molecule has 1 aromatic heterocycles. The second-order valence-electron chi connectivity index (χ2n) is 9.46. The molecule has 1 aliphatic rings. The number of ether oxygens (including phenoxy) is 1. The number of urea groups is 1. The zero-order valence-corrected chi connectivity index (χ0v) is 19.8. The van der Waals surface area contributed by atoms with Crippen LogP contribution in [0.15, 0.2) is 30.3 Å². The first-order valence-electron chi connectivity index (χ1n) is 11.2. The topological polar surface area (TPSA) is 88.5 Å². The summed E-state index contributed by atoms with van der Waals surface area (Å²) in [6, 6.07) is 9.34. The van der Waals surface area contributed by atoms with Crippen molar-refractivity contribution in [3.63, 3.8) is 0 Å². The van der Waals surface area contributed by atoms with Crippen LogP contribution in [0.4, 0.5) is 10.6 Å². The Morgan fingerprint density at radius 3 is 2.41 bits per heavy atom. The number of hydrogen-bond donors (Lipinski definition) is 2. The molecule has 0 saturated heterocycles. The van der Waals surface area contributed by atoms with Gasteiger partial charge in [-0.05, 0) is 37.1 Å². The molecule has 1 saturated carbocycles. The summed E-state index contributed by atoms with van der Waals surface area (Å²) in [6.45, 7) is 6.17. The lowest BCUT2D eigenvalue weighted by molar-refractivity contribution is -0.116. The number of nitrogens with zero attached hydrogens (tertiary/aromatic N) is 3. The van der Waals surface area contributed by atoms with Crippen LogP contribution in [-0.4, -0.2) is 53.4 Å². The number of likely N-dealkylation sites (N-methyl/N-ethyl adjacent to an activating group) is 1. The fraction of sp³-hybridized carbons (Fsp3) is 0.542. The van der Waals surface area contributed by atoms with Crippen LogP contribution < -0.4 is 15.4 Å². The van der Waals surface area contributed by atoms with Crippen LogP contribution in [0.5, 0.6) is 5.75 Å². The second kappa shape index (κ2) is 10.1. The van der Waals surface area contributed by atoms with Gasteiger partial charge in [0, 0.05) is 24.6 Å². The maximum Gasteiger partial charge on any atom is 0.317 e. The van der Waals surface area contributed by atoms with E-state index in [-0.39, 0.29) is 29.9 Å². The van der Waals surface area contributed by atoms with Gasteiger partial charge in [0.25, 0.3) is 0 Å². The summed E-state index contributed by atoms with van der Waals surface area (Å²) in [5, 5.41) is 10.7. The van der Waals surface area contributed by atoms with Crippen molar-refractivity contribution in [2.75, 3.05) is 26.0 Å². The number of hydrogen-bond acceptors (Lipinski definition) is 4. The molecule has 1 fully saturated rings. The fourth-order valence-electron chi connectivity index (χ4n) is 3.76. The molecule has 0 unspecified atom stereocenters. The van der Waals surface area contributed by atoms with E-state index in [2.05, 4.69) is 31.4 Å². The van der Waals surface area contributed by atoms with Crippen LogP contribution in [0.3, 0.4) is 0 Å². The predicted molar refractivity (Wildman–Crippen MR) is 125 cm³/mol. The molecular formula is C24H35N5O3. The number of rotatable bonds is 6. The quantitative estimate of drug-likeness (QED) is 0.707. The summed E-state index contributed by atoms with van der Waals surface area (Å²) >= 11 is 0. The number of carbonyl (C=O) groups is 2. The highest BCUT2D eigenvalue weighted by molar-refractivity contribution is 5.94. The summed E-state index contributed by atoms with van der Waals surface area (Å²) in [7, 11) is 3.26. The normalized spacial score (nSPS) is 14.7. The van der Waals surface area contributed by atoms with Crippen molar-refractivity contribution < 1.29 is 14.3 Å². The highest BCUT2D eigenvalue weighted by Gasteiger charge is 2.23. The lowest BCUT2D eigenvalue weighted by Crippen LogP contribution is -2.46. The van der Waals surface area contributed by atoms with Gasteiger partial charge in [-0.15, -0.1) is 0 Å². The molecule has 0 aliphatic heterocycles. The number of benzene rings is 1. The first-order chi connectivity index (χ1) is 15.2. The highest BCUT2D eigenvalue weighted by atomic mass is 16.5. The van der Waals surface area contributed by atoms with Gasteiger partial charge in [-0.1, -0.05) is 40.0 Å². The number of methoxy groups -OCH3 is 1. The van der Waals surface area contributed by atoms with Gasteiger partial charge in [-0.25, -0.2) is 9.48 Å². The molecular weight excluding hydrogens is 406 g/mol. The largest absolute Gasteiger partial charge is 0.497 e. The fourth-order valence-corrected chi connectivity index (χ4v) is 3.76. The number of nitrogens with one attached hydrogen (secondary N) is 2. The molecule has 1 aliphatic carbocycles. The number of amides is 3. The van der Waals surface area contributed by atoms with Gasteiger partial charge in [0.2, 0.25) is 5.91 Å². The van der Waals surface area contributed by atoms with Crippen molar-refractivity contribution >= 4 is 17.8 Å². The van der Waals surface area contributed by atoms with Crippen LogP contribution in [0.1, 0.15) is 58.6 Å². The van der Waals surface area contributed by atoms with E-state index >= 15 is 0 Å². The minimum absolute atomic E-state index is 0.0444. The molecule has 174 valence electrons. The van der Waals surface area contributed by atoms with Crippen molar-refractivity contribution in [3.05, 3.63) is 36.0 Å². The van der Waals surface area contributed by atoms with Gasteiger partial charge in [0.15, 0.2) is 0 Å². The Hall–Kier alpha value is -3.03. The van der Waals surface area contributed by atoms with Crippen molar-refractivity contribution in [1.29, 1.82) is 0 Å². The van der Waals surface area contributed by atoms with E-state index in [4.69, 9.17) is 9.84 Å². The Labute approximate surface area is 190 Å². The molecule has 0 atom stereocenters. The smallest absolute Gasteiger partial charge is 0.317 e. The molecule has 0 radical (unpaired) electrons. The van der Waals surface area contributed by atoms with E-state index < -0.39 is 0 Å². The molecule has 2 N–H and O–H groups in total. The summed E-state index contributed by atoms with van der Waals surface area (Å²) in [5.41, 5.74) is 1.47. The minimum atomic E-state index is -0.276. The molecule has 1 heterocycles. The lowest BCUT2D eigenvalue weighted by atomic mass is 9.92. The molecule has 1 aromatic carbocycles. The van der Waals surface area contributed by atoms with Crippen LogP contribution in [0.2, 0.25) is 0 Å². The molecule has 2 aromatic rings. The van der Waals surface area contributed by atoms with Crippen molar-refractivity contribution in [2.24, 2.45) is 0 Å². The zero-order chi connectivity index (χ0) is 23.3. The van der Waals surface area contributed by atoms with Crippen molar-refractivity contribution in [2.45, 2.75) is 64.3 Å². The van der Waals surface area contributed by atoms with Crippen LogP contribution >= 0.6 is 0 Å². The molecule has 0 bridgehead atoms. The van der Waals surface area contributed by atoms with Gasteiger partial charge in [0.1, 0.15) is 18.1 Å². The van der Waals surface area contributed by atoms with E-state index in [9.17, 15) is 9.59 Å². The third-order valence-electron chi connectivity index (χ3n) is 5.72. The maximum atomic E-state index is 12.8. The predicted octanol–water partition coefficient (Wildman–Crippen LogP) is 4.09. The average molecular weight is 442 g/mol. The van der Waals surface area contributed by atoms with Gasteiger partial charge in [-0.2, -0.15) is 5.10 Å². The van der Waals surface area contributed by atoms with Crippen molar-refractivity contribution in [3.8, 4) is 11.4 Å². The first kappa shape index (κ1) is 23.6. The molecule has 32 heavy (non-hydrogen) atoms. The van der Waals surface area contributed by atoms with Crippen LogP contribution in [0, 0.1) is 0 Å². The second-order valence-corrected chi connectivity index (χ2v) is 9.46. The van der Waals surface area contributed by atoms with Gasteiger partial charge in [0.05, 0.1) is 18.5 Å². The third-order valence-corrected chi connectivity index (χ3v) is 5.72. The molecule has 0 spiro atoms. The summed E-state index contributed by atoms with van der Waals surface area (Å²) < 4.78 is 6.95. The SMILES string of the molecule is COc1ccc(-n2nc(C(C)(C)C)cc2NC(=O)CN(C)C(=O)NC2CCCCC2)cc1. The zero-order valence-electron chi connectivity index (χ0n) is 19.8. The summed E-state index contributed by atoms with van der Waals surface area (Å²) in [5.74, 6) is 1.03. The molecule has 3 rings (SSSR count). The standard InChI is InChI=1S/C24H35N5O3/c1-24(2,3)20-15-21(29(27-20)18-11-13-19(32-5)14-12-18)26-22(30)16-28(4)23(31)25-17-9-7-6-8-10-17/h11-15,17H,6-10,16H2,1-5H3,(H,25,31)(H,26,30). The monoisotopic (exact) mass is 441 g/mol. The molecule has 3 amide bonds. The Balaban J connectivity index is 1.71. The lowest BCUT2D eigenvalue weighted by Gasteiger charge is -2.26. The third kappa shape index (κ3) is 6.02. The van der Waals surface area contributed by atoms with E-state index in [1.165, 1.54) is 11.3 Å². The number of aromatic nitrogens is 2. The summed E-state index contributed by atoms with van der Waals surface area (Å²) in [4.78, 5) is 26.7. The average Bonchev–Trinajstić information content (AvgIpc) is 3.18. The Kier molecular flexibility index (Phi) is 7.43. The van der Waals surface area contributed by atoms with Gasteiger partial charge >= 0.3 is 6.03 Å². The van der Waals surface area contributed by atoms with Crippen LogP contribution in [0.25, 0.3) is 5.69 Å². The van der Waals surface area contributed by atoms with Crippen molar-refractivity contribution in [1.82, 2.24) is 20.0 Å². The summed E-state index contributed by atoms with van der Waals surface area (Å²) in [6.07, 6.45) is 5.51.